The molecule has 0 aliphatic carbocycles. The van der Waals surface area contributed by atoms with E-state index in [1.54, 1.807) is 0 Å². The van der Waals surface area contributed by atoms with Crippen molar-refractivity contribution < 1.29 is 24.1 Å². The molecule has 218 valence electrons. The summed E-state index contributed by atoms with van der Waals surface area (Å²) >= 11 is 0. The topological polar surface area (TPSA) is 141 Å². The first-order valence-electron chi connectivity index (χ1n) is 14.0. The van der Waals surface area contributed by atoms with Gasteiger partial charge in [0.05, 0.1) is 26.4 Å². The van der Waals surface area contributed by atoms with Crippen LogP contribution in [0.2, 0.25) is 0 Å². The van der Waals surface area contributed by atoms with Gasteiger partial charge in [0.2, 0.25) is 5.90 Å². The molecule has 2 heterocycles. The highest BCUT2D eigenvalue weighted by Gasteiger charge is 2.54. The maximum absolute atomic E-state index is 14.4. The van der Waals surface area contributed by atoms with Crippen molar-refractivity contribution >= 4 is 11.8 Å². The highest BCUT2D eigenvalue weighted by molar-refractivity contribution is 6.01. The monoisotopic (exact) mass is 570 g/mol. The minimum absolute atomic E-state index is 0.0568. The Morgan fingerprint density at radius 2 is 1.83 bits per heavy atom. The van der Waals surface area contributed by atoms with Crippen molar-refractivity contribution in [3.05, 3.63) is 112 Å². The summed E-state index contributed by atoms with van der Waals surface area (Å²) in [6, 6.07) is 24.6. The number of azide groups is 1. The molecule has 11 heteroatoms. The molecule has 2 aliphatic rings. The van der Waals surface area contributed by atoms with Crippen LogP contribution in [0.3, 0.4) is 0 Å². The summed E-state index contributed by atoms with van der Waals surface area (Å²) in [5.74, 6) is 0.687. The summed E-state index contributed by atoms with van der Waals surface area (Å²) in [5.41, 5.74) is 13.8. The zero-order valence-electron chi connectivity index (χ0n) is 23.3. The predicted molar refractivity (Wildman–Crippen MR) is 157 cm³/mol. The number of hydrogen-bond donors (Lipinski definition) is 2. The first-order valence-corrected chi connectivity index (χ1v) is 14.0. The van der Waals surface area contributed by atoms with Gasteiger partial charge in [0.25, 0.3) is 5.91 Å². The van der Waals surface area contributed by atoms with E-state index in [2.05, 4.69) is 15.5 Å². The molecule has 0 radical (unpaired) electrons. The normalized spacial score (nSPS) is 20.2. The lowest BCUT2D eigenvalue weighted by atomic mass is 9.80. The van der Waals surface area contributed by atoms with E-state index in [0.29, 0.717) is 56.5 Å². The van der Waals surface area contributed by atoms with Gasteiger partial charge in [0.15, 0.2) is 11.6 Å². The number of amides is 1. The number of nitrogens with zero attached hydrogens (tertiary/aromatic N) is 5. The van der Waals surface area contributed by atoms with Crippen LogP contribution in [0.15, 0.2) is 89.0 Å². The van der Waals surface area contributed by atoms with Crippen molar-refractivity contribution in [3.63, 3.8) is 0 Å². The van der Waals surface area contributed by atoms with Gasteiger partial charge in [-0.2, -0.15) is 0 Å². The van der Waals surface area contributed by atoms with Gasteiger partial charge < -0.3 is 19.3 Å². The Morgan fingerprint density at radius 1 is 1.10 bits per heavy atom. The van der Waals surface area contributed by atoms with Crippen LogP contribution in [0.1, 0.15) is 34.8 Å². The Kier molecular flexibility index (Phi) is 9.68. The van der Waals surface area contributed by atoms with Gasteiger partial charge in [-0.15, -0.1) is 0 Å². The van der Waals surface area contributed by atoms with Crippen LogP contribution < -0.4 is 10.2 Å². The second-order valence-electron chi connectivity index (χ2n) is 10.1. The average molecular weight is 571 g/mol. The minimum atomic E-state index is -1.38. The number of carbonyl (C=O) groups excluding carboxylic acids is 1. The van der Waals surface area contributed by atoms with E-state index in [1.165, 1.54) is 0 Å². The molecule has 2 N–H and O–H groups in total. The fourth-order valence-electron chi connectivity index (χ4n) is 5.12. The first kappa shape index (κ1) is 29.1. The van der Waals surface area contributed by atoms with Crippen LogP contribution in [-0.2, 0) is 27.2 Å². The van der Waals surface area contributed by atoms with Crippen LogP contribution in [0, 0.1) is 0 Å². The number of benzene rings is 3. The Labute approximate surface area is 244 Å². The smallest absolute Gasteiger partial charge is 0.266 e. The number of rotatable bonds is 12. The lowest BCUT2D eigenvalue weighted by Crippen LogP contribution is -2.57. The molecule has 1 fully saturated rings. The van der Waals surface area contributed by atoms with Crippen molar-refractivity contribution in [1.29, 1.82) is 0 Å². The largest absolute Gasteiger partial charge is 0.494 e. The van der Waals surface area contributed by atoms with E-state index >= 15 is 0 Å². The summed E-state index contributed by atoms with van der Waals surface area (Å²) in [7, 11) is 0. The number of hydrogen-bond acceptors (Lipinski definition) is 8. The fraction of sp³-hybridized carbons (Fsp3) is 0.355. The van der Waals surface area contributed by atoms with Crippen molar-refractivity contribution in [2.45, 2.75) is 31.0 Å². The summed E-state index contributed by atoms with van der Waals surface area (Å²) in [6.07, 6.45) is 0.00448. The van der Waals surface area contributed by atoms with Crippen LogP contribution in [0.5, 0.6) is 5.75 Å². The van der Waals surface area contributed by atoms with Gasteiger partial charge in [0.1, 0.15) is 5.75 Å². The second kappa shape index (κ2) is 14.0. The maximum Gasteiger partial charge on any atom is 0.266 e. The SMILES string of the molecule is [N-]=[N+]=NCc1ccccc1[C@@H]1OC(c2ccc(OCCCO)cc2)=N[C@]1(Cc1ccccc1)C(=O)NN1CCOCC1. The number of nitrogens with one attached hydrogen (secondary N) is 1. The summed E-state index contributed by atoms with van der Waals surface area (Å²) < 4.78 is 17.8. The van der Waals surface area contributed by atoms with E-state index in [0.717, 1.165) is 16.7 Å². The number of morpholine rings is 1. The zero-order chi connectivity index (χ0) is 29.2. The van der Waals surface area contributed by atoms with Crippen molar-refractivity contribution in [1.82, 2.24) is 10.4 Å². The van der Waals surface area contributed by atoms with E-state index in [1.807, 2.05) is 83.9 Å². The molecule has 0 aromatic heterocycles. The third-order valence-electron chi connectivity index (χ3n) is 7.26. The van der Waals surface area contributed by atoms with E-state index < -0.39 is 11.6 Å². The maximum atomic E-state index is 14.4. The van der Waals surface area contributed by atoms with Gasteiger partial charge in [-0.1, -0.05) is 59.7 Å². The van der Waals surface area contributed by atoms with Gasteiger partial charge >= 0.3 is 0 Å². The van der Waals surface area contributed by atoms with Gasteiger partial charge in [0, 0.05) is 43.0 Å². The van der Waals surface area contributed by atoms with Crippen LogP contribution in [0.25, 0.3) is 10.4 Å². The van der Waals surface area contributed by atoms with Crippen molar-refractivity contribution in [2.24, 2.45) is 10.1 Å². The van der Waals surface area contributed by atoms with E-state index in [-0.39, 0.29) is 25.5 Å². The van der Waals surface area contributed by atoms with Gasteiger partial charge in [-0.25, -0.2) is 10.0 Å². The molecule has 0 saturated carbocycles. The molecule has 42 heavy (non-hydrogen) atoms. The molecule has 2 atom stereocenters. The number of aliphatic hydroxyl groups is 1. The minimum Gasteiger partial charge on any atom is -0.494 e. The van der Waals surface area contributed by atoms with Crippen LogP contribution in [-0.4, -0.2) is 67.0 Å². The molecule has 5 rings (SSSR count). The van der Waals surface area contributed by atoms with Crippen molar-refractivity contribution in [2.75, 3.05) is 39.5 Å². The van der Waals surface area contributed by atoms with E-state index in [4.69, 9.17) is 29.8 Å². The number of aliphatic imine (C=N–C) groups is 1. The molecule has 0 unspecified atom stereocenters. The number of carbonyl (C=O) groups is 1. The summed E-state index contributed by atoms with van der Waals surface area (Å²) in [6.45, 7) is 2.71. The quantitative estimate of drug-likeness (QED) is 0.145. The molecule has 11 nitrogen and oxygen atoms in total. The highest BCUT2D eigenvalue weighted by Crippen LogP contribution is 2.44. The lowest BCUT2D eigenvalue weighted by Gasteiger charge is -2.35. The molecule has 1 amide bonds. The van der Waals surface area contributed by atoms with Crippen LogP contribution in [0.4, 0.5) is 0 Å². The standard InChI is InChI=1S/C31H34N6O5/c32-36-33-22-25-9-4-5-10-27(25)28-31(21-23-7-2-1-3-8-23,30(39)35-37-15-19-40-20-16-37)34-29(42-28)24-11-13-26(14-12-24)41-18-6-17-38/h1-5,7-14,28,38H,6,15-22H2,(H,35,39)/t28-,31-/m0/s1. The van der Waals surface area contributed by atoms with Crippen LogP contribution >= 0.6 is 0 Å². The molecule has 3 aromatic rings. The molecular formula is C31H34N6O5. The molecule has 3 aromatic carbocycles. The Balaban J connectivity index is 1.58. The molecule has 0 spiro atoms. The van der Waals surface area contributed by atoms with Crippen molar-refractivity contribution in [3.8, 4) is 5.75 Å². The lowest BCUT2D eigenvalue weighted by molar-refractivity contribution is -0.136. The van der Waals surface area contributed by atoms with E-state index in [9.17, 15) is 4.79 Å². The Morgan fingerprint density at radius 3 is 2.57 bits per heavy atom. The molecule has 1 saturated heterocycles. The van der Waals surface area contributed by atoms with Gasteiger partial charge in [-0.05, 0) is 46.5 Å². The third-order valence-corrected chi connectivity index (χ3v) is 7.26. The second-order valence-corrected chi connectivity index (χ2v) is 10.1. The molecule has 2 aliphatic heterocycles. The first-order chi connectivity index (χ1) is 20.6. The molecular weight excluding hydrogens is 536 g/mol. The predicted octanol–water partition coefficient (Wildman–Crippen LogP) is 4.12. The number of ether oxygens (including phenoxy) is 3. The fourth-order valence-corrected chi connectivity index (χ4v) is 5.12. The number of hydrazine groups is 1. The summed E-state index contributed by atoms with van der Waals surface area (Å²) in [4.78, 5) is 22.5. The van der Waals surface area contributed by atoms with Gasteiger partial charge in [-0.3, -0.25) is 10.2 Å². The number of aliphatic hydroxyl groups excluding tert-OH is 1. The Hall–Kier alpha value is -4.41. The summed E-state index contributed by atoms with van der Waals surface area (Å²) in [5, 5.41) is 14.7. The third kappa shape index (κ3) is 6.72. The zero-order valence-corrected chi connectivity index (χ0v) is 23.3. The average Bonchev–Trinajstić information content (AvgIpc) is 3.42. The highest BCUT2D eigenvalue weighted by atomic mass is 16.5. The Bertz CT molecular complexity index is 1420. The molecule has 0 bridgehead atoms.